The summed E-state index contributed by atoms with van der Waals surface area (Å²) in [7, 11) is 0. The monoisotopic (exact) mass is 387 g/mol. The molecule has 0 amide bonds. The second kappa shape index (κ2) is 7.32. The van der Waals surface area contributed by atoms with Crippen LogP contribution < -0.4 is 5.73 Å². The maximum absolute atomic E-state index is 13.6. The molecule has 0 atom stereocenters. The van der Waals surface area contributed by atoms with Crippen molar-refractivity contribution in [2.45, 2.75) is 20.4 Å². The molecule has 6 nitrogen and oxygen atoms in total. The zero-order chi connectivity index (χ0) is 20.6. The summed E-state index contributed by atoms with van der Waals surface area (Å²) in [5.41, 5.74) is 8.30. The summed E-state index contributed by atoms with van der Waals surface area (Å²) in [6.07, 6.45) is 0. The normalized spacial score (nSPS) is 10.9. The first kappa shape index (κ1) is 19.4. The highest BCUT2D eigenvalue weighted by Gasteiger charge is 2.21. The second-order valence-electron chi connectivity index (χ2n) is 6.17. The van der Waals surface area contributed by atoms with Crippen molar-refractivity contribution in [1.29, 1.82) is 5.26 Å². The molecule has 0 unspecified atom stereocenters. The van der Waals surface area contributed by atoms with Gasteiger partial charge in [0, 0.05) is 22.4 Å². The van der Waals surface area contributed by atoms with Crippen LogP contribution in [0.3, 0.4) is 0 Å². The molecule has 0 aliphatic heterocycles. The summed E-state index contributed by atoms with van der Waals surface area (Å²) in [6.45, 7) is 3.63. The van der Waals surface area contributed by atoms with E-state index in [0.29, 0.717) is 22.5 Å². The molecule has 2 heterocycles. The van der Waals surface area contributed by atoms with Crippen LogP contribution in [0.4, 0.5) is 19.0 Å². The number of aliphatic hydroxyl groups excluding tert-OH is 1. The van der Waals surface area contributed by atoms with E-state index in [2.05, 4.69) is 10.1 Å². The van der Waals surface area contributed by atoms with Crippen LogP contribution in [0, 0.1) is 42.6 Å². The van der Waals surface area contributed by atoms with Crippen molar-refractivity contribution >= 4 is 5.82 Å². The van der Waals surface area contributed by atoms with Crippen LogP contribution in [0.1, 0.15) is 17.0 Å². The van der Waals surface area contributed by atoms with Gasteiger partial charge in [-0.15, -0.1) is 0 Å². The Bertz CT molecular complexity index is 1090. The lowest BCUT2D eigenvalue weighted by Gasteiger charge is -2.11. The molecule has 0 bridgehead atoms. The highest BCUT2D eigenvalue weighted by molar-refractivity contribution is 5.82. The maximum Gasteiger partial charge on any atom is 0.194 e. The molecular formula is C19H16F3N5O. The number of aromatic nitrogens is 3. The average molecular weight is 387 g/mol. The number of pyridine rings is 1. The standard InChI is InChI=1S/C19H16F3N5O/c1-9-17(10(2)27(26-9)3-4-28)12-7-16(25-19(24)13(12)8-23)11-5-14(20)18(22)15(21)6-11/h5-7,28H,3-4H2,1-2H3,(H2,24,25). The second-order valence-corrected chi connectivity index (χ2v) is 6.17. The Balaban J connectivity index is 2.28. The lowest BCUT2D eigenvalue weighted by Crippen LogP contribution is -2.06. The highest BCUT2D eigenvalue weighted by atomic mass is 19.2. The fourth-order valence-corrected chi connectivity index (χ4v) is 3.13. The average Bonchev–Trinajstić information content (AvgIpc) is 2.92. The molecule has 0 spiro atoms. The Morgan fingerprint density at radius 3 is 2.39 bits per heavy atom. The fourth-order valence-electron chi connectivity index (χ4n) is 3.13. The van der Waals surface area contributed by atoms with Crippen molar-refractivity contribution < 1.29 is 18.3 Å². The van der Waals surface area contributed by atoms with Crippen molar-refractivity contribution in [1.82, 2.24) is 14.8 Å². The van der Waals surface area contributed by atoms with Crippen LogP contribution in [0.5, 0.6) is 0 Å². The molecule has 9 heteroatoms. The van der Waals surface area contributed by atoms with Crippen LogP contribution in [0.25, 0.3) is 22.4 Å². The Labute approximate surface area is 158 Å². The molecule has 1 aromatic carbocycles. The first-order valence-electron chi connectivity index (χ1n) is 8.29. The van der Waals surface area contributed by atoms with Gasteiger partial charge in [0.15, 0.2) is 17.5 Å². The van der Waals surface area contributed by atoms with E-state index < -0.39 is 17.5 Å². The van der Waals surface area contributed by atoms with E-state index in [9.17, 15) is 23.5 Å². The minimum absolute atomic E-state index is 0.0214. The Morgan fingerprint density at radius 2 is 1.82 bits per heavy atom. The lowest BCUT2D eigenvalue weighted by atomic mass is 9.97. The predicted octanol–water partition coefficient (Wildman–Crippen LogP) is 3.09. The molecule has 0 radical (unpaired) electrons. The van der Waals surface area contributed by atoms with Crippen molar-refractivity contribution in [3.05, 3.63) is 52.6 Å². The molecule has 2 aromatic heterocycles. The van der Waals surface area contributed by atoms with Gasteiger partial charge in [-0.05, 0) is 32.0 Å². The lowest BCUT2D eigenvalue weighted by molar-refractivity contribution is 0.268. The van der Waals surface area contributed by atoms with E-state index in [0.717, 1.165) is 12.1 Å². The van der Waals surface area contributed by atoms with Gasteiger partial charge in [-0.1, -0.05) is 0 Å². The molecule has 0 aliphatic rings. The molecule has 0 saturated heterocycles. The summed E-state index contributed by atoms with van der Waals surface area (Å²) in [6, 6.07) is 5.07. The number of nitrogens with zero attached hydrogens (tertiary/aromatic N) is 4. The number of hydrogen-bond acceptors (Lipinski definition) is 5. The minimum Gasteiger partial charge on any atom is -0.394 e. The number of aryl methyl sites for hydroxylation is 1. The Kier molecular flexibility index (Phi) is 5.07. The molecule has 3 aromatic rings. The number of benzene rings is 1. The molecule has 3 rings (SSSR count). The Morgan fingerprint density at radius 1 is 1.18 bits per heavy atom. The van der Waals surface area contributed by atoms with Gasteiger partial charge in [0.1, 0.15) is 17.5 Å². The summed E-state index contributed by atoms with van der Waals surface area (Å²) in [4.78, 5) is 4.05. The van der Waals surface area contributed by atoms with E-state index in [-0.39, 0.29) is 35.8 Å². The summed E-state index contributed by atoms with van der Waals surface area (Å²) < 4.78 is 42.2. The first-order chi connectivity index (χ1) is 13.3. The van der Waals surface area contributed by atoms with Crippen molar-refractivity contribution in [3.63, 3.8) is 0 Å². The number of nitriles is 1. The zero-order valence-corrected chi connectivity index (χ0v) is 15.1. The van der Waals surface area contributed by atoms with Gasteiger partial charge in [-0.3, -0.25) is 4.68 Å². The third-order valence-corrected chi connectivity index (χ3v) is 4.40. The van der Waals surface area contributed by atoms with E-state index in [1.807, 2.05) is 6.07 Å². The third-order valence-electron chi connectivity index (χ3n) is 4.40. The Hall–Kier alpha value is -3.38. The smallest absolute Gasteiger partial charge is 0.194 e. The molecule has 3 N–H and O–H groups in total. The topological polar surface area (TPSA) is 101 Å². The van der Waals surface area contributed by atoms with Crippen LogP contribution in [0.15, 0.2) is 18.2 Å². The van der Waals surface area contributed by atoms with Gasteiger partial charge in [0.25, 0.3) is 0 Å². The van der Waals surface area contributed by atoms with Crippen LogP contribution >= 0.6 is 0 Å². The van der Waals surface area contributed by atoms with Gasteiger partial charge in [-0.25, -0.2) is 18.2 Å². The minimum atomic E-state index is -1.58. The first-order valence-corrected chi connectivity index (χ1v) is 8.29. The van der Waals surface area contributed by atoms with E-state index >= 15 is 0 Å². The van der Waals surface area contributed by atoms with Crippen molar-refractivity contribution in [2.24, 2.45) is 0 Å². The summed E-state index contributed by atoms with van der Waals surface area (Å²) in [5.74, 6) is -4.43. The number of halogens is 3. The van der Waals surface area contributed by atoms with Crippen LogP contribution in [-0.2, 0) is 6.54 Å². The van der Waals surface area contributed by atoms with Gasteiger partial charge >= 0.3 is 0 Å². The molecule has 0 aliphatic carbocycles. The van der Waals surface area contributed by atoms with Gasteiger partial charge in [0.05, 0.1) is 24.5 Å². The van der Waals surface area contributed by atoms with Gasteiger partial charge in [-0.2, -0.15) is 10.4 Å². The maximum atomic E-state index is 13.6. The van der Waals surface area contributed by atoms with E-state index in [1.165, 1.54) is 6.07 Å². The molecule has 28 heavy (non-hydrogen) atoms. The number of anilines is 1. The molecular weight excluding hydrogens is 371 g/mol. The molecule has 0 fully saturated rings. The van der Waals surface area contributed by atoms with Crippen LogP contribution in [-0.4, -0.2) is 26.5 Å². The van der Waals surface area contributed by atoms with Gasteiger partial charge < -0.3 is 10.8 Å². The largest absolute Gasteiger partial charge is 0.394 e. The van der Waals surface area contributed by atoms with Gasteiger partial charge in [0.2, 0.25) is 0 Å². The highest BCUT2D eigenvalue weighted by Crippen LogP contribution is 2.35. The fraction of sp³-hybridized carbons (Fsp3) is 0.211. The number of nitrogens with two attached hydrogens (primary N) is 1. The zero-order valence-electron chi connectivity index (χ0n) is 15.1. The third kappa shape index (κ3) is 3.18. The van der Waals surface area contributed by atoms with E-state index in [4.69, 9.17) is 5.73 Å². The molecule has 0 saturated carbocycles. The summed E-state index contributed by atoms with van der Waals surface area (Å²) in [5, 5.41) is 23.1. The van der Waals surface area contributed by atoms with Crippen molar-refractivity contribution in [3.8, 4) is 28.5 Å². The van der Waals surface area contributed by atoms with E-state index in [1.54, 1.807) is 18.5 Å². The predicted molar refractivity (Wildman–Crippen MR) is 96.5 cm³/mol. The quantitative estimate of drug-likeness (QED) is 0.670. The molecule has 144 valence electrons. The number of rotatable bonds is 4. The number of hydrogen-bond donors (Lipinski definition) is 2. The number of aliphatic hydroxyl groups is 1. The van der Waals surface area contributed by atoms with Crippen LogP contribution in [0.2, 0.25) is 0 Å². The number of nitrogen functional groups attached to an aromatic ring is 1. The SMILES string of the molecule is Cc1nn(CCO)c(C)c1-c1cc(-c2cc(F)c(F)c(F)c2)nc(N)c1C#N. The van der Waals surface area contributed by atoms with Crippen molar-refractivity contribution in [2.75, 3.05) is 12.3 Å². The summed E-state index contributed by atoms with van der Waals surface area (Å²) >= 11 is 0.